The molecule has 2 aromatic heterocycles. The van der Waals surface area contributed by atoms with E-state index in [1.807, 2.05) is 47.2 Å². The first-order valence-electron chi connectivity index (χ1n) is 5.95. The number of nitrogens with zero attached hydrogens (tertiary/aromatic N) is 2. The molecule has 2 heterocycles. The molecule has 0 amide bonds. The Balaban J connectivity index is 2.35. The molecule has 0 N–H and O–H groups in total. The predicted octanol–water partition coefficient (Wildman–Crippen LogP) is 2.61. The number of fused-ring (bicyclic) bond motifs is 3. The Morgan fingerprint density at radius 2 is 2.11 bits per heavy atom. The third kappa shape index (κ3) is 1.42. The number of carbonyl (C=O) groups is 1. The van der Waals surface area contributed by atoms with Gasteiger partial charge in [0, 0.05) is 18.6 Å². The van der Waals surface area contributed by atoms with E-state index in [4.69, 9.17) is 4.74 Å². The third-order valence-electron chi connectivity index (χ3n) is 3.09. The molecule has 0 radical (unpaired) electrons. The van der Waals surface area contributed by atoms with Crippen LogP contribution < -0.4 is 0 Å². The highest BCUT2D eigenvalue weighted by Crippen LogP contribution is 2.23. The molecular formula is C14H14N2O2. The number of imidazole rings is 1. The van der Waals surface area contributed by atoms with E-state index < -0.39 is 0 Å². The van der Waals surface area contributed by atoms with Crippen LogP contribution in [0.2, 0.25) is 0 Å². The van der Waals surface area contributed by atoms with Crippen LogP contribution in [0.15, 0.2) is 36.5 Å². The standard InChI is InChI=1S/C14H14N2O2/c1-3-18-14(17)12-9-15(2)13-8-10-6-4-5-7-11(10)16(12)13/h4-9H,3H2,1-2H3. The van der Waals surface area contributed by atoms with E-state index >= 15 is 0 Å². The molecule has 0 atom stereocenters. The summed E-state index contributed by atoms with van der Waals surface area (Å²) in [7, 11) is 1.93. The molecule has 4 nitrogen and oxygen atoms in total. The van der Waals surface area contributed by atoms with Gasteiger partial charge in [-0.1, -0.05) is 18.2 Å². The van der Waals surface area contributed by atoms with Crippen molar-refractivity contribution in [2.24, 2.45) is 7.05 Å². The number of aryl methyl sites for hydroxylation is 1. The zero-order valence-corrected chi connectivity index (χ0v) is 10.4. The first-order chi connectivity index (χ1) is 8.72. The van der Waals surface area contributed by atoms with Crippen LogP contribution in [0.25, 0.3) is 16.6 Å². The number of benzene rings is 1. The molecule has 0 aliphatic rings. The number of aromatic nitrogens is 2. The Morgan fingerprint density at radius 1 is 1.33 bits per heavy atom. The van der Waals surface area contributed by atoms with Crippen molar-refractivity contribution in [1.82, 2.24) is 8.97 Å². The number of ether oxygens (including phenoxy) is 1. The first-order valence-corrected chi connectivity index (χ1v) is 5.95. The number of esters is 1. The Labute approximate surface area is 104 Å². The van der Waals surface area contributed by atoms with Gasteiger partial charge in [0.2, 0.25) is 0 Å². The Kier molecular flexibility index (Phi) is 2.37. The van der Waals surface area contributed by atoms with Gasteiger partial charge in [-0.15, -0.1) is 0 Å². The highest BCUT2D eigenvalue weighted by atomic mass is 16.5. The fourth-order valence-electron chi connectivity index (χ4n) is 2.31. The highest BCUT2D eigenvalue weighted by Gasteiger charge is 2.17. The van der Waals surface area contributed by atoms with E-state index in [0.717, 1.165) is 16.6 Å². The van der Waals surface area contributed by atoms with Gasteiger partial charge in [-0.3, -0.25) is 4.40 Å². The second-order valence-electron chi connectivity index (χ2n) is 4.24. The number of hydrogen-bond acceptors (Lipinski definition) is 2. The summed E-state index contributed by atoms with van der Waals surface area (Å²) in [5, 5.41) is 1.12. The van der Waals surface area contributed by atoms with Crippen LogP contribution in [0.5, 0.6) is 0 Å². The van der Waals surface area contributed by atoms with Crippen molar-refractivity contribution < 1.29 is 9.53 Å². The average molecular weight is 242 g/mol. The van der Waals surface area contributed by atoms with Gasteiger partial charge in [0.05, 0.1) is 12.1 Å². The molecule has 3 aromatic rings. The molecule has 1 aromatic carbocycles. The summed E-state index contributed by atoms with van der Waals surface area (Å²) in [6.45, 7) is 2.19. The quantitative estimate of drug-likeness (QED) is 0.647. The van der Waals surface area contributed by atoms with Gasteiger partial charge in [-0.05, 0) is 19.1 Å². The molecule has 0 saturated carbocycles. The van der Waals surface area contributed by atoms with Crippen molar-refractivity contribution in [3.63, 3.8) is 0 Å². The summed E-state index contributed by atoms with van der Waals surface area (Å²) < 4.78 is 8.97. The molecule has 0 spiro atoms. The van der Waals surface area contributed by atoms with E-state index in [1.165, 1.54) is 0 Å². The maximum Gasteiger partial charge on any atom is 0.356 e. The molecule has 18 heavy (non-hydrogen) atoms. The lowest BCUT2D eigenvalue weighted by molar-refractivity contribution is 0.0518. The van der Waals surface area contributed by atoms with E-state index in [-0.39, 0.29) is 5.97 Å². The van der Waals surface area contributed by atoms with Crippen LogP contribution >= 0.6 is 0 Å². The molecule has 0 aliphatic heterocycles. The first kappa shape index (κ1) is 10.9. The monoisotopic (exact) mass is 242 g/mol. The van der Waals surface area contributed by atoms with Crippen molar-refractivity contribution in [3.05, 3.63) is 42.2 Å². The van der Waals surface area contributed by atoms with Crippen molar-refractivity contribution >= 4 is 22.5 Å². The lowest BCUT2D eigenvalue weighted by atomic mass is 10.2. The largest absolute Gasteiger partial charge is 0.461 e. The molecule has 0 aliphatic carbocycles. The summed E-state index contributed by atoms with van der Waals surface area (Å²) in [5.74, 6) is -0.288. The maximum absolute atomic E-state index is 12.0. The predicted molar refractivity (Wildman–Crippen MR) is 69.8 cm³/mol. The molecule has 3 rings (SSSR count). The van der Waals surface area contributed by atoms with Gasteiger partial charge in [0.15, 0.2) is 0 Å². The van der Waals surface area contributed by atoms with Crippen LogP contribution in [0, 0.1) is 0 Å². The van der Waals surface area contributed by atoms with Gasteiger partial charge in [0.1, 0.15) is 11.3 Å². The van der Waals surface area contributed by atoms with Gasteiger partial charge < -0.3 is 9.30 Å². The lowest BCUT2D eigenvalue weighted by Crippen LogP contribution is -2.07. The van der Waals surface area contributed by atoms with Crippen LogP contribution in [0.3, 0.4) is 0 Å². The van der Waals surface area contributed by atoms with Crippen molar-refractivity contribution in [1.29, 1.82) is 0 Å². The van der Waals surface area contributed by atoms with E-state index in [9.17, 15) is 4.79 Å². The van der Waals surface area contributed by atoms with Gasteiger partial charge >= 0.3 is 5.97 Å². The molecule has 0 unspecified atom stereocenters. The van der Waals surface area contributed by atoms with Gasteiger partial charge in [0.25, 0.3) is 0 Å². The molecular weight excluding hydrogens is 228 g/mol. The average Bonchev–Trinajstić information content (AvgIpc) is 2.88. The fraction of sp³-hybridized carbons (Fsp3) is 0.214. The number of para-hydroxylation sites is 1. The number of carbonyl (C=O) groups excluding carboxylic acids is 1. The van der Waals surface area contributed by atoms with Crippen LogP contribution in [-0.4, -0.2) is 21.5 Å². The normalized spacial score (nSPS) is 11.2. The number of hydrogen-bond donors (Lipinski definition) is 0. The Morgan fingerprint density at radius 3 is 2.89 bits per heavy atom. The van der Waals surface area contributed by atoms with E-state index in [1.54, 1.807) is 6.20 Å². The minimum Gasteiger partial charge on any atom is -0.461 e. The van der Waals surface area contributed by atoms with E-state index in [0.29, 0.717) is 12.3 Å². The summed E-state index contributed by atoms with van der Waals surface area (Å²) in [5.41, 5.74) is 2.57. The van der Waals surface area contributed by atoms with Crippen molar-refractivity contribution in [3.8, 4) is 0 Å². The fourth-order valence-corrected chi connectivity index (χ4v) is 2.31. The van der Waals surface area contributed by atoms with Gasteiger partial charge in [-0.2, -0.15) is 0 Å². The summed E-state index contributed by atoms with van der Waals surface area (Å²) in [6.07, 6.45) is 1.81. The molecule has 0 saturated heterocycles. The molecule has 0 bridgehead atoms. The van der Waals surface area contributed by atoms with E-state index in [2.05, 4.69) is 6.07 Å². The second-order valence-corrected chi connectivity index (χ2v) is 4.24. The Hall–Kier alpha value is -2.23. The third-order valence-corrected chi connectivity index (χ3v) is 3.09. The summed E-state index contributed by atoms with van der Waals surface area (Å²) in [6, 6.07) is 10.1. The van der Waals surface area contributed by atoms with Crippen LogP contribution in [-0.2, 0) is 11.8 Å². The number of rotatable bonds is 2. The zero-order valence-electron chi connectivity index (χ0n) is 10.4. The van der Waals surface area contributed by atoms with Gasteiger partial charge in [-0.25, -0.2) is 4.79 Å². The SMILES string of the molecule is CCOC(=O)c1cn(C)c2cc3ccccc3n12. The highest BCUT2D eigenvalue weighted by molar-refractivity contribution is 5.94. The minimum absolute atomic E-state index is 0.288. The molecule has 4 heteroatoms. The zero-order chi connectivity index (χ0) is 12.7. The van der Waals surface area contributed by atoms with Crippen molar-refractivity contribution in [2.75, 3.05) is 6.61 Å². The lowest BCUT2D eigenvalue weighted by Gasteiger charge is -2.00. The Bertz CT molecular complexity index is 737. The topological polar surface area (TPSA) is 35.6 Å². The molecule has 0 fully saturated rings. The summed E-state index contributed by atoms with van der Waals surface area (Å²) in [4.78, 5) is 12.0. The van der Waals surface area contributed by atoms with Crippen molar-refractivity contribution in [2.45, 2.75) is 6.92 Å². The summed E-state index contributed by atoms with van der Waals surface area (Å²) >= 11 is 0. The molecule has 92 valence electrons. The second kappa shape index (κ2) is 3.91. The van der Waals surface area contributed by atoms with Crippen LogP contribution in [0.1, 0.15) is 17.4 Å². The van der Waals surface area contributed by atoms with Crippen LogP contribution in [0.4, 0.5) is 0 Å². The smallest absolute Gasteiger partial charge is 0.356 e. The minimum atomic E-state index is -0.288. The maximum atomic E-state index is 12.0.